The van der Waals surface area contributed by atoms with E-state index in [2.05, 4.69) is 13.0 Å². The van der Waals surface area contributed by atoms with Gasteiger partial charge in [0.1, 0.15) is 16.2 Å². The predicted octanol–water partition coefficient (Wildman–Crippen LogP) is 4.97. The molecule has 0 bridgehead atoms. The first kappa shape index (κ1) is 17.3. The summed E-state index contributed by atoms with van der Waals surface area (Å²) < 4.78 is 6.35. The van der Waals surface area contributed by atoms with E-state index in [0.717, 1.165) is 23.3 Å². The van der Waals surface area contributed by atoms with Crippen molar-refractivity contribution in [2.24, 2.45) is 0 Å². The van der Waals surface area contributed by atoms with Crippen molar-refractivity contribution in [3.63, 3.8) is 0 Å². The van der Waals surface area contributed by atoms with Crippen LogP contribution in [0.1, 0.15) is 36.6 Å². The summed E-state index contributed by atoms with van der Waals surface area (Å²) in [5.41, 5.74) is 3.28. The first-order valence-electron chi connectivity index (χ1n) is 8.64. The number of ether oxygens (including phenoxy) is 1. The lowest BCUT2D eigenvalue weighted by atomic mass is 10.1. The molecule has 2 heterocycles. The molecule has 0 spiro atoms. The van der Waals surface area contributed by atoms with Gasteiger partial charge in [0.2, 0.25) is 0 Å². The van der Waals surface area contributed by atoms with Crippen molar-refractivity contribution in [2.75, 3.05) is 0 Å². The van der Waals surface area contributed by atoms with Crippen LogP contribution >= 0.6 is 24.0 Å². The summed E-state index contributed by atoms with van der Waals surface area (Å²) in [5.74, 6) is 0.918. The lowest BCUT2D eigenvalue weighted by molar-refractivity contribution is -0.123. The van der Waals surface area contributed by atoms with Crippen molar-refractivity contribution in [2.45, 2.75) is 32.4 Å². The molecule has 3 nitrogen and oxygen atoms in total. The van der Waals surface area contributed by atoms with E-state index in [1.54, 1.807) is 4.90 Å². The summed E-state index contributed by atoms with van der Waals surface area (Å²) in [6, 6.07) is 16.0. The topological polar surface area (TPSA) is 29.5 Å². The standard InChI is InChI=1S/C21H19NO2S2/c1-13-10-17-11-15(8-9-18(17)24-13)12-19-20(23)22(21(25)26-19)14(2)16-6-4-3-5-7-16/h3-9,11-14H,10H2,1-2H3/b19-12-. The number of amides is 1. The predicted molar refractivity (Wildman–Crippen MR) is 110 cm³/mol. The minimum atomic E-state index is -0.0797. The van der Waals surface area contributed by atoms with Crippen molar-refractivity contribution in [1.29, 1.82) is 0 Å². The fourth-order valence-electron chi connectivity index (χ4n) is 3.38. The van der Waals surface area contributed by atoms with E-state index in [1.165, 1.54) is 17.3 Å². The average molecular weight is 382 g/mol. The Morgan fingerprint density at radius 3 is 2.81 bits per heavy atom. The summed E-state index contributed by atoms with van der Waals surface area (Å²) in [6.45, 7) is 4.08. The molecule has 5 heteroatoms. The Bertz CT molecular complexity index is 907. The van der Waals surface area contributed by atoms with E-state index in [4.69, 9.17) is 17.0 Å². The van der Waals surface area contributed by atoms with Crippen molar-refractivity contribution >= 4 is 40.3 Å². The zero-order valence-electron chi connectivity index (χ0n) is 14.6. The molecule has 0 radical (unpaired) electrons. The van der Waals surface area contributed by atoms with Crippen LogP contribution in [0.5, 0.6) is 5.75 Å². The first-order valence-corrected chi connectivity index (χ1v) is 9.87. The smallest absolute Gasteiger partial charge is 0.266 e. The van der Waals surface area contributed by atoms with Crippen LogP contribution in [-0.2, 0) is 11.2 Å². The van der Waals surface area contributed by atoms with Gasteiger partial charge in [-0.2, -0.15) is 0 Å². The summed E-state index contributed by atoms with van der Waals surface area (Å²) in [5, 5.41) is 0. The van der Waals surface area contributed by atoms with E-state index in [0.29, 0.717) is 9.23 Å². The minimum absolute atomic E-state index is 0.0264. The Balaban J connectivity index is 1.59. The Labute approximate surface area is 163 Å². The molecular formula is C21H19NO2S2. The molecule has 0 N–H and O–H groups in total. The van der Waals surface area contributed by atoms with Gasteiger partial charge in [-0.25, -0.2) is 0 Å². The zero-order chi connectivity index (χ0) is 18.3. The molecule has 0 saturated carbocycles. The molecule has 1 saturated heterocycles. The molecule has 0 aliphatic carbocycles. The van der Waals surface area contributed by atoms with Gasteiger partial charge in [0.25, 0.3) is 5.91 Å². The summed E-state index contributed by atoms with van der Waals surface area (Å²) >= 11 is 6.86. The second kappa shape index (κ2) is 6.89. The fourth-order valence-corrected chi connectivity index (χ4v) is 4.80. The highest BCUT2D eigenvalue weighted by Gasteiger charge is 2.36. The maximum Gasteiger partial charge on any atom is 0.266 e. The van der Waals surface area contributed by atoms with E-state index in [-0.39, 0.29) is 18.1 Å². The molecular weight excluding hydrogens is 362 g/mol. The molecule has 26 heavy (non-hydrogen) atoms. The number of fused-ring (bicyclic) bond motifs is 1. The SMILES string of the molecule is CC1Cc2cc(/C=C3\SC(=S)N(C(C)c4ccccc4)C3=O)ccc2O1. The number of thioether (sulfide) groups is 1. The number of carbonyl (C=O) groups excluding carboxylic acids is 1. The van der Waals surface area contributed by atoms with Gasteiger partial charge in [-0.1, -0.05) is 60.4 Å². The number of hydrogen-bond donors (Lipinski definition) is 0. The van der Waals surface area contributed by atoms with Gasteiger partial charge in [-0.3, -0.25) is 9.69 Å². The van der Waals surface area contributed by atoms with E-state index in [1.807, 2.05) is 55.5 Å². The van der Waals surface area contributed by atoms with Gasteiger partial charge < -0.3 is 4.74 Å². The highest BCUT2D eigenvalue weighted by atomic mass is 32.2. The highest BCUT2D eigenvalue weighted by Crippen LogP contribution is 2.38. The van der Waals surface area contributed by atoms with Crippen LogP contribution < -0.4 is 4.74 Å². The first-order chi connectivity index (χ1) is 12.5. The summed E-state index contributed by atoms with van der Waals surface area (Å²) in [4.78, 5) is 15.3. The molecule has 2 unspecified atom stereocenters. The van der Waals surface area contributed by atoms with E-state index >= 15 is 0 Å². The minimum Gasteiger partial charge on any atom is -0.490 e. The van der Waals surface area contributed by atoms with Gasteiger partial charge in [0, 0.05) is 6.42 Å². The third kappa shape index (κ3) is 3.17. The number of thiocarbonyl (C=S) groups is 1. The van der Waals surface area contributed by atoms with Crippen LogP contribution in [0, 0.1) is 0 Å². The van der Waals surface area contributed by atoms with Crippen molar-refractivity contribution < 1.29 is 9.53 Å². The Hall–Kier alpha value is -2.11. The van der Waals surface area contributed by atoms with Crippen LogP contribution in [0.25, 0.3) is 6.08 Å². The molecule has 1 fully saturated rings. The maximum atomic E-state index is 12.9. The third-order valence-corrected chi connectivity index (χ3v) is 6.04. The van der Waals surface area contributed by atoms with Gasteiger partial charge in [-0.05, 0) is 48.7 Å². The van der Waals surface area contributed by atoms with Crippen LogP contribution in [0.2, 0.25) is 0 Å². The Morgan fingerprint density at radius 1 is 1.27 bits per heavy atom. The van der Waals surface area contributed by atoms with Gasteiger partial charge >= 0.3 is 0 Å². The molecule has 0 aromatic heterocycles. The lowest BCUT2D eigenvalue weighted by Gasteiger charge is -2.23. The fraction of sp³-hybridized carbons (Fsp3) is 0.238. The third-order valence-electron chi connectivity index (χ3n) is 4.71. The van der Waals surface area contributed by atoms with Gasteiger partial charge in [0.05, 0.1) is 10.9 Å². The van der Waals surface area contributed by atoms with Gasteiger partial charge in [-0.15, -0.1) is 0 Å². The molecule has 132 valence electrons. The van der Waals surface area contributed by atoms with E-state index in [9.17, 15) is 4.79 Å². The molecule has 2 aliphatic rings. The summed E-state index contributed by atoms with van der Waals surface area (Å²) in [6.07, 6.45) is 3.05. The Kier molecular flexibility index (Phi) is 4.59. The van der Waals surface area contributed by atoms with E-state index < -0.39 is 0 Å². The number of benzene rings is 2. The number of nitrogens with zero attached hydrogens (tertiary/aromatic N) is 1. The molecule has 4 rings (SSSR count). The Morgan fingerprint density at radius 2 is 2.04 bits per heavy atom. The molecule has 2 aromatic rings. The van der Waals surface area contributed by atoms with Crippen molar-refractivity contribution in [3.05, 3.63) is 70.1 Å². The monoisotopic (exact) mass is 381 g/mol. The van der Waals surface area contributed by atoms with Crippen molar-refractivity contribution in [3.8, 4) is 5.75 Å². The molecule has 2 aliphatic heterocycles. The highest BCUT2D eigenvalue weighted by molar-refractivity contribution is 8.26. The summed E-state index contributed by atoms with van der Waals surface area (Å²) in [7, 11) is 0. The molecule has 2 aromatic carbocycles. The van der Waals surface area contributed by atoms with Crippen LogP contribution in [0.4, 0.5) is 0 Å². The second-order valence-electron chi connectivity index (χ2n) is 6.64. The average Bonchev–Trinajstić information content (AvgIpc) is 3.13. The molecule has 1 amide bonds. The molecule has 2 atom stereocenters. The van der Waals surface area contributed by atoms with Gasteiger partial charge in [0.15, 0.2) is 0 Å². The largest absolute Gasteiger partial charge is 0.490 e. The zero-order valence-corrected chi connectivity index (χ0v) is 16.3. The number of hydrogen-bond acceptors (Lipinski definition) is 4. The van der Waals surface area contributed by atoms with Crippen LogP contribution in [0.15, 0.2) is 53.4 Å². The quantitative estimate of drug-likeness (QED) is 0.554. The lowest BCUT2D eigenvalue weighted by Crippen LogP contribution is -2.30. The van der Waals surface area contributed by atoms with Crippen molar-refractivity contribution in [1.82, 2.24) is 4.90 Å². The van der Waals surface area contributed by atoms with Crippen LogP contribution in [-0.4, -0.2) is 21.2 Å². The number of rotatable bonds is 3. The second-order valence-corrected chi connectivity index (χ2v) is 8.31. The van der Waals surface area contributed by atoms with Crippen LogP contribution in [0.3, 0.4) is 0 Å². The maximum absolute atomic E-state index is 12.9. The number of carbonyl (C=O) groups is 1. The normalized spacial score (nSPS) is 21.8.